The third-order valence-corrected chi connectivity index (χ3v) is 3.23. The van der Waals surface area contributed by atoms with Crippen LogP contribution < -0.4 is 10.0 Å². The Balaban J connectivity index is 2.42. The third kappa shape index (κ3) is 4.54. The molecule has 16 heavy (non-hydrogen) atoms. The Morgan fingerprint density at radius 2 is 2.19 bits per heavy atom. The van der Waals surface area contributed by atoms with Gasteiger partial charge in [0.25, 0.3) is 0 Å². The number of anilines is 1. The Bertz CT molecular complexity index is 436. The summed E-state index contributed by atoms with van der Waals surface area (Å²) in [4.78, 5) is 3.55. The molecule has 0 saturated carbocycles. The predicted octanol–water partition coefficient (Wildman–Crippen LogP) is 0.572. The highest BCUT2D eigenvalue weighted by Crippen LogP contribution is 2.02. The largest absolute Gasteiger partial charge is 0.369 e. The van der Waals surface area contributed by atoms with Crippen LogP contribution in [0.15, 0.2) is 18.2 Å². The Labute approximate surface area is 94.1 Å². The first-order chi connectivity index (χ1) is 7.53. The molecule has 0 aliphatic heterocycles. The van der Waals surface area contributed by atoms with Crippen molar-refractivity contribution in [1.29, 1.82) is 0 Å². The molecule has 0 bridgehead atoms. The number of aromatic nitrogens is 1. The first kappa shape index (κ1) is 12.9. The molecule has 1 aromatic rings. The fourth-order valence-corrected chi connectivity index (χ4v) is 2.07. The van der Waals surface area contributed by atoms with Gasteiger partial charge in [0, 0.05) is 13.1 Å². The number of rotatable bonds is 6. The lowest BCUT2D eigenvalue weighted by atomic mass is 10.4. The van der Waals surface area contributed by atoms with E-state index in [0.717, 1.165) is 0 Å². The Morgan fingerprint density at radius 1 is 1.44 bits per heavy atom. The van der Waals surface area contributed by atoms with Crippen LogP contribution in [0.1, 0.15) is 6.92 Å². The maximum Gasteiger partial charge on any atom is 0.214 e. The van der Waals surface area contributed by atoms with Crippen LogP contribution in [0.4, 0.5) is 10.2 Å². The Morgan fingerprint density at radius 3 is 2.81 bits per heavy atom. The second-order valence-corrected chi connectivity index (χ2v) is 5.02. The molecule has 0 unspecified atom stereocenters. The predicted molar refractivity (Wildman–Crippen MR) is 60.1 cm³/mol. The van der Waals surface area contributed by atoms with E-state index >= 15 is 0 Å². The minimum atomic E-state index is -3.25. The van der Waals surface area contributed by atoms with Gasteiger partial charge < -0.3 is 5.32 Å². The van der Waals surface area contributed by atoms with Crippen molar-refractivity contribution >= 4 is 15.8 Å². The molecule has 0 atom stereocenters. The molecular weight excluding hydrogens is 233 g/mol. The fourth-order valence-electron chi connectivity index (χ4n) is 1.11. The van der Waals surface area contributed by atoms with Crippen molar-refractivity contribution < 1.29 is 12.8 Å². The minimum absolute atomic E-state index is 0.0704. The molecule has 1 heterocycles. The van der Waals surface area contributed by atoms with Gasteiger partial charge in [0.1, 0.15) is 5.82 Å². The summed E-state index contributed by atoms with van der Waals surface area (Å²) in [5, 5.41) is 2.73. The number of sulfonamides is 1. The third-order valence-electron chi connectivity index (χ3n) is 1.76. The van der Waals surface area contributed by atoms with E-state index in [9.17, 15) is 12.8 Å². The highest BCUT2D eigenvalue weighted by atomic mass is 32.2. The van der Waals surface area contributed by atoms with E-state index < -0.39 is 16.0 Å². The van der Waals surface area contributed by atoms with Crippen molar-refractivity contribution in [2.45, 2.75) is 6.92 Å². The van der Waals surface area contributed by atoms with Crippen LogP contribution >= 0.6 is 0 Å². The lowest BCUT2D eigenvalue weighted by molar-refractivity contribution is 0.583. The van der Waals surface area contributed by atoms with Crippen molar-refractivity contribution in [2.75, 3.05) is 24.2 Å². The monoisotopic (exact) mass is 247 g/mol. The van der Waals surface area contributed by atoms with Crippen LogP contribution in [0.2, 0.25) is 0 Å². The molecule has 1 rings (SSSR count). The average molecular weight is 247 g/mol. The molecule has 90 valence electrons. The smallest absolute Gasteiger partial charge is 0.214 e. The molecular formula is C9H14FN3O2S. The van der Waals surface area contributed by atoms with Gasteiger partial charge in [0.05, 0.1) is 5.75 Å². The van der Waals surface area contributed by atoms with Gasteiger partial charge >= 0.3 is 0 Å². The van der Waals surface area contributed by atoms with Gasteiger partial charge in [-0.05, 0) is 12.1 Å². The molecule has 7 heteroatoms. The zero-order valence-corrected chi connectivity index (χ0v) is 9.72. The topological polar surface area (TPSA) is 71.1 Å². The summed E-state index contributed by atoms with van der Waals surface area (Å²) in [6.45, 7) is 2.26. The number of nitrogens with one attached hydrogen (secondary N) is 2. The van der Waals surface area contributed by atoms with Gasteiger partial charge in [-0.3, -0.25) is 0 Å². The number of pyridine rings is 1. The summed E-state index contributed by atoms with van der Waals surface area (Å²) >= 11 is 0. The number of hydrogen-bond acceptors (Lipinski definition) is 4. The molecule has 0 saturated heterocycles. The second kappa shape index (κ2) is 5.76. The van der Waals surface area contributed by atoms with Gasteiger partial charge in [-0.15, -0.1) is 0 Å². The first-order valence-electron chi connectivity index (χ1n) is 4.87. The van der Waals surface area contributed by atoms with E-state index in [1.54, 1.807) is 13.0 Å². The molecule has 0 fully saturated rings. The van der Waals surface area contributed by atoms with E-state index in [4.69, 9.17) is 0 Å². The average Bonchev–Trinajstić information content (AvgIpc) is 2.17. The minimum Gasteiger partial charge on any atom is -0.369 e. The molecule has 1 aromatic heterocycles. The van der Waals surface area contributed by atoms with Crippen LogP contribution in [0.3, 0.4) is 0 Å². The van der Waals surface area contributed by atoms with Gasteiger partial charge in [0.2, 0.25) is 16.0 Å². The highest BCUT2D eigenvalue weighted by Gasteiger charge is 2.07. The number of hydrogen-bond donors (Lipinski definition) is 2. The molecule has 0 aromatic carbocycles. The maximum absolute atomic E-state index is 12.7. The van der Waals surface area contributed by atoms with Crippen LogP contribution in [0, 0.1) is 5.95 Å². The first-order valence-corrected chi connectivity index (χ1v) is 6.52. The number of halogens is 1. The van der Waals surface area contributed by atoms with Crippen molar-refractivity contribution in [3.63, 3.8) is 0 Å². The van der Waals surface area contributed by atoms with Crippen molar-refractivity contribution in [1.82, 2.24) is 9.71 Å². The zero-order chi connectivity index (χ0) is 12.0. The molecule has 0 amide bonds. The second-order valence-electron chi connectivity index (χ2n) is 3.09. The van der Waals surface area contributed by atoms with Gasteiger partial charge in [0.15, 0.2) is 0 Å². The van der Waals surface area contributed by atoms with E-state index in [-0.39, 0.29) is 12.3 Å². The van der Waals surface area contributed by atoms with Crippen molar-refractivity contribution in [3.8, 4) is 0 Å². The quantitative estimate of drug-likeness (QED) is 0.721. The molecule has 0 aliphatic carbocycles. The Hall–Kier alpha value is -1.21. The summed E-state index contributed by atoms with van der Waals surface area (Å²) in [5.74, 6) is -0.342. The van der Waals surface area contributed by atoms with Crippen LogP contribution in [-0.4, -0.2) is 32.2 Å². The molecule has 2 N–H and O–H groups in total. The zero-order valence-electron chi connectivity index (χ0n) is 8.90. The summed E-state index contributed by atoms with van der Waals surface area (Å²) in [6, 6.07) is 4.30. The van der Waals surface area contributed by atoms with Crippen LogP contribution in [-0.2, 0) is 10.0 Å². The summed E-state index contributed by atoms with van der Waals surface area (Å²) in [7, 11) is -3.25. The van der Waals surface area contributed by atoms with Gasteiger partial charge in [-0.25, -0.2) is 18.1 Å². The standard InChI is InChI=1S/C9H14FN3O2S/c1-2-12-16(14,15)7-6-11-9-5-3-4-8(10)13-9/h3-5,12H,2,6-7H2,1H3,(H,11,13). The van der Waals surface area contributed by atoms with Gasteiger partial charge in [-0.2, -0.15) is 4.39 Å². The summed E-state index contributed by atoms with van der Waals surface area (Å²) < 4.78 is 37.5. The number of nitrogens with zero attached hydrogens (tertiary/aromatic N) is 1. The molecule has 0 aliphatic rings. The van der Waals surface area contributed by atoms with E-state index in [1.807, 2.05) is 0 Å². The SMILES string of the molecule is CCNS(=O)(=O)CCNc1cccc(F)n1. The summed E-state index contributed by atoms with van der Waals surface area (Å²) in [5.41, 5.74) is 0. The highest BCUT2D eigenvalue weighted by molar-refractivity contribution is 7.89. The lowest BCUT2D eigenvalue weighted by Crippen LogP contribution is -2.29. The normalized spacial score (nSPS) is 11.4. The molecule has 0 spiro atoms. The summed E-state index contributed by atoms with van der Waals surface area (Å²) in [6.07, 6.45) is 0. The molecule has 5 nitrogen and oxygen atoms in total. The Kier molecular flexibility index (Phi) is 4.63. The maximum atomic E-state index is 12.7. The molecule has 0 radical (unpaired) electrons. The van der Waals surface area contributed by atoms with Crippen molar-refractivity contribution in [3.05, 3.63) is 24.1 Å². The van der Waals surface area contributed by atoms with E-state index in [1.165, 1.54) is 12.1 Å². The van der Waals surface area contributed by atoms with E-state index in [0.29, 0.717) is 12.4 Å². The van der Waals surface area contributed by atoms with Crippen LogP contribution in [0.25, 0.3) is 0 Å². The van der Waals surface area contributed by atoms with Gasteiger partial charge in [-0.1, -0.05) is 13.0 Å². The fraction of sp³-hybridized carbons (Fsp3) is 0.444. The lowest BCUT2D eigenvalue weighted by Gasteiger charge is -2.06. The van der Waals surface area contributed by atoms with Crippen molar-refractivity contribution in [2.24, 2.45) is 0 Å². The van der Waals surface area contributed by atoms with Crippen LogP contribution in [0.5, 0.6) is 0 Å². The van der Waals surface area contributed by atoms with E-state index in [2.05, 4.69) is 15.0 Å².